The molecule has 2 heterocycles. The number of nitrogens with zero attached hydrogens (tertiary/aromatic N) is 3. The quantitative estimate of drug-likeness (QED) is 0.355. The van der Waals surface area contributed by atoms with Gasteiger partial charge in [-0.25, -0.2) is 0 Å². The molecule has 0 radical (unpaired) electrons. The SMILES string of the molecule is O=C(CSc1nncn1CCc1cccs1)Nc1ccccc1C(=O)Nc1ccccc1. The van der Waals surface area contributed by atoms with Gasteiger partial charge in [0.2, 0.25) is 5.91 Å². The van der Waals surface area contributed by atoms with Gasteiger partial charge in [-0.3, -0.25) is 9.59 Å². The molecule has 0 atom stereocenters. The monoisotopic (exact) mass is 463 g/mol. The summed E-state index contributed by atoms with van der Waals surface area (Å²) in [7, 11) is 0. The molecule has 2 aromatic carbocycles. The standard InChI is InChI=1S/C23H21N5O2S2/c29-21(15-32-23-27-24-16-28(23)13-12-18-9-6-14-31-18)26-20-11-5-4-10-19(20)22(30)25-17-7-2-1-3-8-17/h1-11,14,16H,12-13,15H2,(H,25,30)(H,26,29). The van der Waals surface area contributed by atoms with Crippen LogP contribution in [0.4, 0.5) is 11.4 Å². The molecule has 7 nitrogen and oxygen atoms in total. The van der Waals surface area contributed by atoms with Crippen molar-refractivity contribution in [1.82, 2.24) is 14.8 Å². The Morgan fingerprint density at radius 1 is 0.969 bits per heavy atom. The molecule has 0 aliphatic rings. The second kappa shape index (κ2) is 10.7. The number of carbonyl (C=O) groups is 2. The van der Waals surface area contributed by atoms with Crippen LogP contribution in [0.2, 0.25) is 0 Å². The summed E-state index contributed by atoms with van der Waals surface area (Å²) in [6, 6.07) is 20.3. The Kier molecular flexibility index (Phi) is 7.31. The van der Waals surface area contributed by atoms with E-state index in [1.165, 1.54) is 16.6 Å². The lowest BCUT2D eigenvalue weighted by Crippen LogP contribution is -2.19. The molecule has 0 aliphatic carbocycles. The molecule has 0 bridgehead atoms. The van der Waals surface area contributed by atoms with Gasteiger partial charge < -0.3 is 15.2 Å². The third kappa shape index (κ3) is 5.83. The maximum atomic E-state index is 12.7. The fourth-order valence-corrected chi connectivity index (χ4v) is 4.46. The number of thiophene rings is 1. The Morgan fingerprint density at radius 2 is 1.78 bits per heavy atom. The van der Waals surface area contributed by atoms with Gasteiger partial charge in [0.25, 0.3) is 5.91 Å². The number of hydrogen-bond donors (Lipinski definition) is 2. The van der Waals surface area contributed by atoms with Crippen LogP contribution in [0, 0.1) is 0 Å². The molecule has 4 rings (SSSR count). The van der Waals surface area contributed by atoms with Crippen LogP contribution in [-0.4, -0.2) is 32.3 Å². The second-order valence-electron chi connectivity index (χ2n) is 6.84. The van der Waals surface area contributed by atoms with E-state index in [1.54, 1.807) is 41.9 Å². The van der Waals surface area contributed by atoms with Crippen molar-refractivity contribution in [2.24, 2.45) is 0 Å². The summed E-state index contributed by atoms with van der Waals surface area (Å²) in [5.74, 6) is -0.345. The van der Waals surface area contributed by atoms with Gasteiger partial charge in [-0.1, -0.05) is 48.2 Å². The van der Waals surface area contributed by atoms with Crippen molar-refractivity contribution in [2.45, 2.75) is 18.1 Å². The van der Waals surface area contributed by atoms with Gasteiger partial charge in [0.15, 0.2) is 5.16 Å². The molecule has 9 heteroatoms. The van der Waals surface area contributed by atoms with Gasteiger partial charge in [-0.05, 0) is 42.1 Å². The molecule has 0 spiro atoms. The maximum absolute atomic E-state index is 12.7. The largest absolute Gasteiger partial charge is 0.325 e. The third-order valence-corrected chi connectivity index (χ3v) is 6.49. The van der Waals surface area contributed by atoms with E-state index in [9.17, 15) is 9.59 Å². The van der Waals surface area contributed by atoms with Crippen LogP contribution in [0.15, 0.2) is 83.6 Å². The summed E-state index contributed by atoms with van der Waals surface area (Å²) in [5.41, 5.74) is 1.55. The Balaban J connectivity index is 1.34. The van der Waals surface area contributed by atoms with E-state index in [1.807, 2.05) is 41.0 Å². The van der Waals surface area contributed by atoms with Crippen LogP contribution in [0.3, 0.4) is 0 Å². The summed E-state index contributed by atoms with van der Waals surface area (Å²) in [6.45, 7) is 0.750. The van der Waals surface area contributed by atoms with Gasteiger partial charge in [-0.15, -0.1) is 21.5 Å². The molecule has 2 amide bonds. The first-order chi connectivity index (χ1) is 15.7. The van der Waals surface area contributed by atoms with Crippen LogP contribution in [0.5, 0.6) is 0 Å². The lowest BCUT2D eigenvalue weighted by atomic mass is 10.1. The van der Waals surface area contributed by atoms with Gasteiger partial charge in [-0.2, -0.15) is 0 Å². The zero-order valence-corrected chi connectivity index (χ0v) is 18.7. The molecule has 0 saturated carbocycles. The van der Waals surface area contributed by atoms with Crippen molar-refractivity contribution in [3.63, 3.8) is 0 Å². The van der Waals surface area contributed by atoms with E-state index in [2.05, 4.69) is 32.3 Å². The van der Waals surface area contributed by atoms with Crippen molar-refractivity contribution in [1.29, 1.82) is 0 Å². The van der Waals surface area contributed by atoms with Crippen LogP contribution < -0.4 is 10.6 Å². The zero-order valence-electron chi connectivity index (χ0n) is 17.1. The molecule has 32 heavy (non-hydrogen) atoms. The first kappa shape index (κ1) is 21.8. The number of aromatic nitrogens is 3. The van der Waals surface area contributed by atoms with Crippen LogP contribution >= 0.6 is 23.1 Å². The molecule has 2 N–H and O–H groups in total. The molecule has 0 saturated heterocycles. The third-order valence-electron chi connectivity index (χ3n) is 4.57. The van der Waals surface area contributed by atoms with Crippen molar-refractivity contribution in [2.75, 3.05) is 16.4 Å². The normalized spacial score (nSPS) is 10.6. The van der Waals surface area contributed by atoms with E-state index >= 15 is 0 Å². The molecular formula is C23H21N5O2S2. The smallest absolute Gasteiger partial charge is 0.257 e. The number of aryl methyl sites for hydroxylation is 2. The first-order valence-electron chi connectivity index (χ1n) is 9.97. The number of nitrogens with one attached hydrogen (secondary N) is 2. The predicted octanol–water partition coefficient (Wildman–Crippen LogP) is 4.57. The van der Waals surface area contributed by atoms with Crippen LogP contribution in [0.1, 0.15) is 15.2 Å². The molecule has 2 aromatic heterocycles. The highest BCUT2D eigenvalue weighted by Crippen LogP contribution is 2.20. The summed E-state index contributed by atoms with van der Waals surface area (Å²) >= 11 is 3.03. The van der Waals surface area contributed by atoms with E-state index in [0.717, 1.165) is 13.0 Å². The fourth-order valence-electron chi connectivity index (χ4n) is 3.02. The molecular weight excluding hydrogens is 442 g/mol. The number of rotatable bonds is 9. The zero-order chi connectivity index (χ0) is 22.2. The predicted molar refractivity (Wildman–Crippen MR) is 128 cm³/mol. The molecule has 4 aromatic rings. The number of thioether (sulfide) groups is 1. The van der Waals surface area contributed by atoms with Gasteiger partial charge in [0.1, 0.15) is 6.33 Å². The van der Waals surface area contributed by atoms with Gasteiger partial charge in [0, 0.05) is 17.1 Å². The minimum atomic E-state index is -0.284. The average Bonchev–Trinajstić information content (AvgIpc) is 3.49. The number of hydrogen-bond acceptors (Lipinski definition) is 6. The van der Waals surface area contributed by atoms with Crippen LogP contribution in [-0.2, 0) is 17.8 Å². The Morgan fingerprint density at radius 3 is 2.59 bits per heavy atom. The molecule has 162 valence electrons. The molecule has 0 aliphatic heterocycles. The summed E-state index contributed by atoms with van der Waals surface area (Å²) in [6.07, 6.45) is 2.57. The number of para-hydroxylation sites is 2. The van der Waals surface area contributed by atoms with Crippen molar-refractivity contribution < 1.29 is 9.59 Å². The lowest BCUT2D eigenvalue weighted by molar-refractivity contribution is -0.113. The number of benzene rings is 2. The Labute approximate surface area is 193 Å². The minimum Gasteiger partial charge on any atom is -0.325 e. The molecule has 0 unspecified atom stereocenters. The van der Waals surface area contributed by atoms with Gasteiger partial charge >= 0.3 is 0 Å². The summed E-state index contributed by atoms with van der Waals surface area (Å²) in [5, 5.41) is 16.5. The highest BCUT2D eigenvalue weighted by Gasteiger charge is 2.15. The minimum absolute atomic E-state index is 0.159. The summed E-state index contributed by atoms with van der Waals surface area (Å²) in [4.78, 5) is 26.6. The highest BCUT2D eigenvalue weighted by molar-refractivity contribution is 7.99. The van der Waals surface area contributed by atoms with Crippen molar-refractivity contribution >= 4 is 46.3 Å². The second-order valence-corrected chi connectivity index (χ2v) is 8.81. The number of carbonyl (C=O) groups excluding carboxylic acids is 2. The number of anilines is 2. The van der Waals surface area contributed by atoms with E-state index < -0.39 is 0 Å². The highest BCUT2D eigenvalue weighted by atomic mass is 32.2. The van der Waals surface area contributed by atoms with Crippen molar-refractivity contribution in [3.05, 3.63) is 88.9 Å². The Bertz CT molecular complexity index is 1180. The van der Waals surface area contributed by atoms with E-state index in [0.29, 0.717) is 22.1 Å². The van der Waals surface area contributed by atoms with Crippen molar-refractivity contribution in [3.8, 4) is 0 Å². The van der Waals surface area contributed by atoms with Gasteiger partial charge in [0.05, 0.1) is 17.0 Å². The van der Waals surface area contributed by atoms with E-state index in [-0.39, 0.29) is 17.6 Å². The topological polar surface area (TPSA) is 88.9 Å². The first-order valence-corrected chi connectivity index (χ1v) is 11.8. The lowest BCUT2D eigenvalue weighted by Gasteiger charge is -2.11. The Hall–Kier alpha value is -3.43. The fraction of sp³-hybridized carbons (Fsp3) is 0.130. The van der Waals surface area contributed by atoms with E-state index in [4.69, 9.17) is 0 Å². The average molecular weight is 464 g/mol. The number of amides is 2. The van der Waals surface area contributed by atoms with Crippen LogP contribution in [0.25, 0.3) is 0 Å². The molecule has 0 fully saturated rings. The summed E-state index contributed by atoms with van der Waals surface area (Å²) < 4.78 is 1.94. The maximum Gasteiger partial charge on any atom is 0.257 e.